The van der Waals surface area contributed by atoms with Crippen molar-refractivity contribution in [1.82, 2.24) is 0 Å². The topological polar surface area (TPSA) is 71.3 Å². The molecule has 5 heteroatoms. The smallest absolute Gasteiger partial charge is 0.293 e. The summed E-state index contributed by atoms with van der Waals surface area (Å²) in [5, 5.41) is 6.52. The Labute approximate surface area is 170 Å². The number of anilines is 2. The average molecular weight is 390 g/mol. The van der Waals surface area contributed by atoms with Crippen LogP contribution in [0.25, 0.3) is 11.0 Å². The molecule has 1 heterocycles. The summed E-state index contributed by atoms with van der Waals surface area (Å²) in [6, 6.07) is 14.9. The third-order valence-electron chi connectivity index (χ3n) is 5.63. The Balaban J connectivity index is 1.54. The zero-order valence-corrected chi connectivity index (χ0v) is 16.7. The Bertz CT molecular complexity index is 1010. The van der Waals surface area contributed by atoms with Gasteiger partial charge in [0.05, 0.1) is 0 Å². The summed E-state index contributed by atoms with van der Waals surface area (Å²) in [7, 11) is 0. The van der Waals surface area contributed by atoms with E-state index in [0.717, 1.165) is 17.4 Å². The predicted molar refractivity (Wildman–Crippen MR) is 115 cm³/mol. The highest BCUT2D eigenvalue weighted by Gasteiger charge is 2.23. The number of amides is 2. The summed E-state index contributed by atoms with van der Waals surface area (Å²) in [6.45, 7) is 1.99. The van der Waals surface area contributed by atoms with Crippen molar-refractivity contribution in [3.05, 3.63) is 59.9 Å². The number of furan rings is 1. The van der Waals surface area contributed by atoms with E-state index in [9.17, 15) is 9.59 Å². The number of hydrogen-bond donors (Lipinski definition) is 2. The second-order valence-electron chi connectivity index (χ2n) is 7.86. The van der Waals surface area contributed by atoms with Crippen LogP contribution >= 0.6 is 0 Å². The molecule has 29 heavy (non-hydrogen) atoms. The van der Waals surface area contributed by atoms with Gasteiger partial charge in [0.2, 0.25) is 11.7 Å². The first-order valence-electron chi connectivity index (χ1n) is 10.3. The first-order valence-corrected chi connectivity index (χ1v) is 10.3. The van der Waals surface area contributed by atoms with Crippen LogP contribution in [0.15, 0.2) is 52.9 Å². The van der Waals surface area contributed by atoms with Crippen LogP contribution in [-0.2, 0) is 4.79 Å². The number of hydrogen-bond acceptors (Lipinski definition) is 3. The number of benzene rings is 2. The number of carbonyl (C=O) groups is 2. The van der Waals surface area contributed by atoms with Gasteiger partial charge in [-0.2, -0.15) is 0 Å². The summed E-state index contributed by atoms with van der Waals surface area (Å²) in [6.07, 6.45) is 6.32. The van der Waals surface area contributed by atoms with E-state index in [-0.39, 0.29) is 17.6 Å². The highest BCUT2D eigenvalue weighted by Crippen LogP contribution is 2.33. The van der Waals surface area contributed by atoms with Gasteiger partial charge in [0.15, 0.2) is 0 Å². The molecular weight excluding hydrogens is 364 g/mol. The highest BCUT2D eigenvalue weighted by atomic mass is 16.3. The number of nitrogens with one attached hydrogen (secondary N) is 2. The van der Waals surface area contributed by atoms with E-state index < -0.39 is 0 Å². The molecule has 0 atom stereocenters. The maximum Gasteiger partial charge on any atom is 0.293 e. The van der Waals surface area contributed by atoms with Crippen molar-refractivity contribution in [1.29, 1.82) is 0 Å². The molecular formula is C24H26N2O3. The zero-order valence-electron chi connectivity index (χ0n) is 16.7. The molecule has 1 saturated carbocycles. The Kier molecular flexibility index (Phi) is 5.65. The standard InChI is InChI=1S/C24H26N2O3/c1-16-10-13-18(14-11-16)25-24(28)23-22(19-8-4-5-9-20(19)29-23)26-21(27)15-12-17-6-2-3-7-17/h4-5,8-11,13-14,17H,2-3,6-7,12,15H2,1H3,(H,25,28)(H,26,27). The molecule has 1 aliphatic rings. The van der Waals surface area contributed by atoms with Crippen LogP contribution in [0.2, 0.25) is 0 Å². The molecule has 2 amide bonds. The molecule has 2 aromatic carbocycles. The maximum absolute atomic E-state index is 12.9. The molecule has 1 fully saturated rings. The van der Waals surface area contributed by atoms with E-state index in [2.05, 4.69) is 10.6 Å². The second kappa shape index (κ2) is 8.52. The SMILES string of the molecule is Cc1ccc(NC(=O)c2oc3ccccc3c2NC(=O)CCC2CCCC2)cc1. The number of aryl methyl sites for hydroxylation is 1. The molecule has 0 bridgehead atoms. The van der Waals surface area contributed by atoms with Gasteiger partial charge in [0.1, 0.15) is 11.3 Å². The Morgan fingerprint density at radius 3 is 2.48 bits per heavy atom. The van der Waals surface area contributed by atoms with Gasteiger partial charge in [-0.1, -0.05) is 55.5 Å². The quantitative estimate of drug-likeness (QED) is 0.550. The lowest BCUT2D eigenvalue weighted by atomic mass is 10.0. The number of para-hydroxylation sites is 1. The van der Waals surface area contributed by atoms with Crippen LogP contribution in [0.5, 0.6) is 0 Å². The molecule has 4 rings (SSSR count). The van der Waals surface area contributed by atoms with Gasteiger partial charge >= 0.3 is 0 Å². The van der Waals surface area contributed by atoms with Crippen molar-refractivity contribution in [2.45, 2.75) is 45.4 Å². The van der Waals surface area contributed by atoms with Crippen LogP contribution in [-0.4, -0.2) is 11.8 Å². The fourth-order valence-corrected chi connectivity index (χ4v) is 3.99. The van der Waals surface area contributed by atoms with Crippen molar-refractivity contribution in [3.63, 3.8) is 0 Å². The van der Waals surface area contributed by atoms with Gasteiger partial charge in [-0.15, -0.1) is 0 Å². The minimum atomic E-state index is -0.379. The van der Waals surface area contributed by atoms with Crippen LogP contribution in [0.4, 0.5) is 11.4 Å². The van der Waals surface area contributed by atoms with E-state index in [1.807, 2.05) is 49.4 Å². The predicted octanol–water partition coefficient (Wildman–Crippen LogP) is 5.90. The monoisotopic (exact) mass is 390 g/mol. The lowest BCUT2D eigenvalue weighted by Crippen LogP contribution is -2.17. The molecule has 5 nitrogen and oxygen atoms in total. The Morgan fingerprint density at radius 1 is 1.00 bits per heavy atom. The molecule has 0 spiro atoms. The molecule has 1 aliphatic carbocycles. The first kappa shape index (κ1) is 19.2. The van der Waals surface area contributed by atoms with Crippen LogP contribution in [0, 0.1) is 12.8 Å². The molecule has 0 saturated heterocycles. The number of rotatable bonds is 6. The van der Waals surface area contributed by atoms with Gasteiger partial charge in [0.25, 0.3) is 5.91 Å². The lowest BCUT2D eigenvalue weighted by molar-refractivity contribution is -0.116. The summed E-state index contributed by atoms with van der Waals surface area (Å²) in [5.41, 5.74) is 2.82. The summed E-state index contributed by atoms with van der Waals surface area (Å²) in [4.78, 5) is 25.5. The van der Waals surface area contributed by atoms with Gasteiger partial charge in [-0.3, -0.25) is 9.59 Å². The highest BCUT2D eigenvalue weighted by molar-refractivity contribution is 6.14. The third-order valence-corrected chi connectivity index (χ3v) is 5.63. The van der Waals surface area contributed by atoms with Crippen molar-refractivity contribution in [2.75, 3.05) is 10.6 Å². The Morgan fingerprint density at radius 2 is 1.72 bits per heavy atom. The first-order chi connectivity index (χ1) is 14.1. The molecule has 0 aliphatic heterocycles. The number of fused-ring (bicyclic) bond motifs is 1. The van der Waals surface area contributed by atoms with Gasteiger partial charge < -0.3 is 15.1 Å². The molecule has 1 aromatic heterocycles. The zero-order chi connectivity index (χ0) is 20.2. The minimum absolute atomic E-state index is 0.0761. The molecule has 0 radical (unpaired) electrons. The van der Waals surface area contributed by atoms with Crippen molar-refractivity contribution in [3.8, 4) is 0 Å². The van der Waals surface area contributed by atoms with Crippen molar-refractivity contribution in [2.24, 2.45) is 5.92 Å². The van der Waals surface area contributed by atoms with Gasteiger partial charge in [-0.05, 0) is 43.5 Å². The van der Waals surface area contributed by atoms with Crippen molar-refractivity contribution < 1.29 is 14.0 Å². The molecule has 3 aromatic rings. The lowest BCUT2D eigenvalue weighted by Gasteiger charge is -2.10. The fraction of sp³-hybridized carbons (Fsp3) is 0.333. The van der Waals surface area contributed by atoms with Gasteiger partial charge in [0, 0.05) is 17.5 Å². The second-order valence-corrected chi connectivity index (χ2v) is 7.86. The average Bonchev–Trinajstić information content (AvgIpc) is 3.36. The number of carbonyl (C=O) groups excluding carboxylic acids is 2. The largest absolute Gasteiger partial charge is 0.449 e. The molecule has 0 unspecified atom stereocenters. The van der Waals surface area contributed by atoms with E-state index >= 15 is 0 Å². The van der Waals surface area contributed by atoms with Gasteiger partial charge in [-0.25, -0.2) is 0 Å². The molecule has 150 valence electrons. The van der Waals surface area contributed by atoms with Crippen molar-refractivity contribution >= 4 is 34.2 Å². The van der Waals surface area contributed by atoms with E-state index in [0.29, 0.717) is 29.3 Å². The third kappa shape index (κ3) is 4.50. The van der Waals surface area contributed by atoms with Crippen LogP contribution < -0.4 is 10.6 Å². The van der Waals surface area contributed by atoms with E-state index in [4.69, 9.17) is 4.42 Å². The summed E-state index contributed by atoms with van der Waals surface area (Å²) >= 11 is 0. The summed E-state index contributed by atoms with van der Waals surface area (Å²) in [5.74, 6) is 0.316. The van der Waals surface area contributed by atoms with Crippen LogP contribution in [0.3, 0.4) is 0 Å². The Hall–Kier alpha value is -3.08. The fourth-order valence-electron chi connectivity index (χ4n) is 3.99. The maximum atomic E-state index is 12.9. The molecule has 2 N–H and O–H groups in total. The minimum Gasteiger partial charge on any atom is -0.449 e. The van der Waals surface area contributed by atoms with E-state index in [1.54, 1.807) is 6.07 Å². The van der Waals surface area contributed by atoms with Crippen LogP contribution in [0.1, 0.15) is 54.6 Å². The van der Waals surface area contributed by atoms with E-state index in [1.165, 1.54) is 25.7 Å². The summed E-state index contributed by atoms with van der Waals surface area (Å²) < 4.78 is 5.81. The normalized spacial score (nSPS) is 14.2.